The van der Waals surface area contributed by atoms with Crippen LogP contribution in [-0.2, 0) is 0 Å². The summed E-state index contributed by atoms with van der Waals surface area (Å²) < 4.78 is 2.00. The summed E-state index contributed by atoms with van der Waals surface area (Å²) in [6.07, 6.45) is 8.04. The Balaban J connectivity index is 1.89. The molecule has 2 aliphatic rings. The van der Waals surface area contributed by atoms with Crippen LogP contribution in [0.15, 0.2) is 45.3 Å². The average Bonchev–Trinajstić information content (AvgIpc) is 3.34. The number of nitrogens with one attached hydrogen (secondary N) is 2. The van der Waals surface area contributed by atoms with Crippen molar-refractivity contribution in [3.8, 4) is 0 Å². The van der Waals surface area contributed by atoms with Gasteiger partial charge in [-0.1, -0.05) is 0 Å². The number of H-pyrrole nitrogens is 2. The van der Waals surface area contributed by atoms with Crippen molar-refractivity contribution in [1.82, 2.24) is 19.9 Å². The van der Waals surface area contributed by atoms with E-state index in [0.29, 0.717) is 0 Å². The van der Waals surface area contributed by atoms with Gasteiger partial charge >= 0.3 is 0 Å². The van der Waals surface area contributed by atoms with Gasteiger partial charge in [0, 0.05) is 20.0 Å². The standard InChI is InChI=1S/C20H12Br2N4/c21-17-7-15-5-11-1-3-13(23-11)9-19-18(22)8-16(26-19)6-12-2-4-14(24-12)10-20(17)25-15/h1-10,25-26H. The maximum Gasteiger partial charge on any atom is 0.0658 e. The summed E-state index contributed by atoms with van der Waals surface area (Å²) in [5.74, 6) is 0. The Morgan fingerprint density at radius 2 is 0.923 bits per heavy atom. The van der Waals surface area contributed by atoms with Gasteiger partial charge in [0.1, 0.15) is 0 Å². The van der Waals surface area contributed by atoms with Crippen LogP contribution >= 0.6 is 31.9 Å². The summed E-state index contributed by atoms with van der Waals surface area (Å²) in [6.45, 7) is 0. The topological polar surface area (TPSA) is 57.4 Å². The van der Waals surface area contributed by atoms with Gasteiger partial charge in [0.2, 0.25) is 0 Å². The van der Waals surface area contributed by atoms with Crippen molar-refractivity contribution >= 4 is 78.2 Å². The van der Waals surface area contributed by atoms with Crippen LogP contribution in [0.25, 0.3) is 46.4 Å². The third kappa shape index (κ3) is 2.95. The van der Waals surface area contributed by atoms with Crippen molar-refractivity contribution in [3.05, 3.63) is 68.1 Å². The molecule has 0 aromatic carbocycles. The van der Waals surface area contributed by atoms with Gasteiger partial charge in [-0.3, -0.25) is 0 Å². The predicted octanol–water partition coefficient (Wildman–Crippen LogP) is 6.18. The highest BCUT2D eigenvalue weighted by molar-refractivity contribution is 9.11. The molecule has 3 aromatic rings. The van der Waals surface area contributed by atoms with E-state index in [1.165, 1.54) is 0 Å². The first-order chi connectivity index (χ1) is 12.6. The van der Waals surface area contributed by atoms with Gasteiger partial charge < -0.3 is 9.97 Å². The third-order valence-corrected chi connectivity index (χ3v) is 5.51. The molecular formula is C20H12Br2N4. The van der Waals surface area contributed by atoms with Gasteiger partial charge in [0.15, 0.2) is 0 Å². The lowest BCUT2D eigenvalue weighted by molar-refractivity contribution is 1.31. The van der Waals surface area contributed by atoms with Crippen molar-refractivity contribution in [2.45, 2.75) is 0 Å². The van der Waals surface area contributed by atoms with Crippen LogP contribution < -0.4 is 0 Å². The van der Waals surface area contributed by atoms with Gasteiger partial charge in [-0.15, -0.1) is 0 Å². The second-order valence-electron chi connectivity index (χ2n) is 6.14. The summed E-state index contributed by atoms with van der Waals surface area (Å²) in [5, 5.41) is 0. The summed E-state index contributed by atoms with van der Waals surface area (Å²) in [7, 11) is 0. The van der Waals surface area contributed by atoms with Crippen LogP contribution in [0.5, 0.6) is 0 Å². The molecule has 0 amide bonds. The molecule has 4 nitrogen and oxygen atoms in total. The first-order valence-corrected chi connectivity index (χ1v) is 9.64. The first kappa shape index (κ1) is 15.8. The van der Waals surface area contributed by atoms with Crippen molar-refractivity contribution < 1.29 is 0 Å². The van der Waals surface area contributed by atoms with Crippen LogP contribution in [0.3, 0.4) is 0 Å². The predicted molar refractivity (Wildman–Crippen MR) is 114 cm³/mol. The molecule has 3 aromatic heterocycles. The molecule has 0 spiro atoms. The monoisotopic (exact) mass is 466 g/mol. The Kier molecular flexibility index (Phi) is 3.69. The normalized spacial score (nSPS) is 12.7. The minimum absolute atomic E-state index is 0.906. The van der Waals surface area contributed by atoms with Crippen molar-refractivity contribution in [1.29, 1.82) is 0 Å². The molecule has 5 rings (SSSR count). The number of aromatic nitrogens is 4. The molecule has 0 unspecified atom stereocenters. The number of fused-ring (bicyclic) bond motifs is 8. The van der Waals surface area contributed by atoms with Crippen LogP contribution in [-0.4, -0.2) is 19.9 Å². The Bertz CT molecular complexity index is 1160. The molecule has 0 fully saturated rings. The van der Waals surface area contributed by atoms with Crippen molar-refractivity contribution in [2.75, 3.05) is 0 Å². The zero-order valence-electron chi connectivity index (χ0n) is 13.4. The fourth-order valence-electron chi connectivity index (χ4n) is 3.02. The van der Waals surface area contributed by atoms with Crippen LogP contribution in [0.2, 0.25) is 0 Å². The number of hydrogen-bond acceptors (Lipinski definition) is 2. The Labute approximate surface area is 166 Å². The molecule has 2 aliphatic heterocycles. The SMILES string of the molecule is Brc1cc2cc3nc(cc4[nH]c(cc5nc(cc1[nH]2)C=C5)cc4Br)C=C3. The molecular weight excluding hydrogens is 456 g/mol. The highest BCUT2D eigenvalue weighted by Crippen LogP contribution is 2.24. The third-order valence-electron chi connectivity index (χ3n) is 4.19. The van der Waals surface area contributed by atoms with Crippen molar-refractivity contribution in [2.24, 2.45) is 0 Å². The maximum atomic E-state index is 4.67. The van der Waals surface area contributed by atoms with E-state index in [2.05, 4.69) is 51.8 Å². The minimum atomic E-state index is 0.906. The number of hydrogen-bond donors (Lipinski definition) is 2. The van der Waals surface area contributed by atoms with E-state index in [4.69, 9.17) is 0 Å². The maximum absolute atomic E-state index is 4.67. The number of rotatable bonds is 0. The van der Waals surface area contributed by atoms with E-state index < -0.39 is 0 Å². The highest BCUT2D eigenvalue weighted by Gasteiger charge is 2.04. The smallest absolute Gasteiger partial charge is 0.0658 e. The fourth-order valence-corrected chi connectivity index (χ4v) is 3.94. The molecule has 0 aliphatic carbocycles. The molecule has 0 radical (unpaired) electrons. The van der Waals surface area contributed by atoms with Crippen LogP contribution in [0.4, 0.5) is 0 Å². The summed E-state index contributed by atoms with van der Waals surface area (Å²) in [6, 6.07) is 12.2. The summed E-state index contributed by atoms with van der Waals surface area (Å²) in [5.41, 5.74) is 7.57. The van der Waals surface area contributed by atoms with Crippen LogP contribution in [0, 0.1) is 0 Å². The lowest BCUT2D eigenvalue weighted by atomic mass is 10.3. The Morgan fingerprint density at radius 1 is 0.538 bits per heavy atom. The number of aromatic amines is 2. The van der Waals surface area contributed by atoms with Crippen molar-refractivity contribution in [3.63, 3.8) is 0 Å². The van der Waals surface area contributed by atoms with E-state index in [1.807, 2.05) is 60.7 Å². The van der Waals surface area contributed by atoms with Gasteiger partial charge in [-0.05, 0) is 92.6 Å². The fraction of sp³-hybridized carbons (Fsp3) is 0. The second-order valence-corrected chi connectivity index (χ2v) is 7.85. The van der Waals surface area contributed by atoms with E-state index in [1.54, 1.807) is 0 Å². The van der Waals surface area contributed by atoms with E-state index in [-0.39, 0.29) is 0 Å². The van der Waals surface area contributed by atoms with Gasteiger partial charge in [0.25, 0.3) is 0 Å². The average molecular weight is 468 g/mol. The van der Waals surface area contributed by atoms with E-state index in [9.17, 15) is 0 Å². The number of halogens is 2. The zero-order chi connectivity index (χ0) is 17.7. The minimum Gasteiger partial charge on any atom is -0.354 e. The van der Waals surface area contributed by atoms with Gasteiger partial charge in [-0.2, -0.15) is 0 Å². The molecule has 6 heteroatoms. The van der Waals surface area contributed by atoms with Crippen LogP contribution in [0.1, 0.15) is 22.8 Å². The van der Waals surface area contributed by atoms with Gasteiger partial charge in [-0.25, -0.2) is 9.97 Å². The lowest BCUT2D eigenvalue weighted by Crippen LogP contribution is -1.75. The molecule has 5 heterocycles. The number of nitrogens with zero attached hydrogens (tertiary/aromatic N) is 2. The molecule has 8 bridgehead atoms. The molecule has 26 heavy (non-hydrogen) atoms. The zero-order valence-corrected chi connectivity index (χ0v) is 16.6. The largest absolute Gasteiger partial charge is 0.354 e. The summed E-state index contributed by atoms with van der Waals surface area (Å²) in [4.78, 5) is 16.1. The Morgan fingerprint density at radius 3 is 1.35 bits per heavy atom. The second kappa shape index (κ2) is 6.07. The highest BCUT2D eigenvalue weighted by atomic mass is 79.9. The molecule has 0 atom stereocenters. The molecule has 0 saturated carbocycles. The van der Waals surface area contributed by atoms with E-state index in [0.717, 1.165) is 53.8 Å². The Hall–Kier alpha value is -2.44. The summed E-state index contributed by atoms with van der Waals surface area (Å²) >= 11 is 7.22. The molecule has 2 N–H and O–H groups in total. The first-order valence-electron chi connectivity index (χ1n) is 8.06. The molecule has 0 saturated heterocycles. The lowest BCUT2D eigenvalue weighted by Gasteiger charge is -1.86. The quantitative estimate of drug-likeness (QED) is 0.285. The molecule has 126 valence electrons. The van der Waals surface area contributed by atoms with Gasteiger partial charge in [0.05, 0.1) is 33.8 Å². The van der Waals surface area contributed by atoms with E-state index >= 15 is 0 Å².